The zero-order chi connectivity index (χ0) is 15.4. The van der Waals surface area contributed by atoms with Gasteiger partial charge < -0.3 is 15.0 Å². The molecule has 0 radical (unpaired) electrons. The van der Waals surface area contributed by atoms with Crippen LogP contribution >= 0.6 is 0 Å². The number of nitriles is 1. The molecule has 1 aliphatic heterocycles. The summed E-state index contributed by atoms with van der Waals surface area (Å²) in [5, 5.41) is 12.8. The second-order valence-electron chi connectivity index (χ2n) is 6.16. The Morgan fingerprint density at radius 2 is 2.00 bits per heavy atom. The molecule has 0 spiro atoms. The van der Waals surface area contributed by atoms with Crippen LogP contribution in [0.25, 0.3) is 0 Å². The molecular weight excluding hydrogens is 262 g/mol. The number of hydrogen-bond donors (Lipinski definition) is 1. The maximum Gasteiger partial charge on any atom is 0.101 e. The van der Waals surface area contributed by atoms with Crippen LogP contribution in [0.3, 0.4) is 0 Å². The highest BCUT2D eigenvalue weighted by Crippen LogP contribution is 2.25. The van der Waals surface area contributed by atoms with Crippen LogP contribution in [-0.4, -0.2) is 31.3 Å². The molecule has 1 aromatic carbocycles. The molecule has 0 amide bonds. The molecule has 1 N–H and O–H groups in total. The second-order valence-corrected chi connectivity index (χ2v) is 6.16. The van der Waals surface area contributed by atoms with Crippen molar-refractivity contribution in [1.29, 1.82) is 5.26 Å². The topological polar surface area (TPSA) is 48.3 Å². The maximum atomic E-state index is 9.45. The van der Waals surface area contributed by atoms with E-state index in [0.29, 0.717) is 6.04 Å². The Hall–Kier alpha value is -1.57. The fraction of sp³-hybridized carbons (Fsp3) is 0.588. The van der Waals surface area contributed by atoms with E-state index in [2.05, 4.69) is 56.1 Å². The van der Waals surface area contributed by atoms with Gasteiger partial charge in [-0.3, -0.25) is 0 Å². The lowest BCUT2D eigenvalue weighted by atomic mass is 10.1. The number of nitrogens with zero attached hydrogens (tertiary/aromatic N) is 2. The van der Waals surface area contributed by atoms with E-state index < -0.39 is 0 Å². The molecule has 114 valence electrons. The quantitative estimate of drug-likeness (QED) is 0.925. The molecular formula is C17H25N3O. The summed E-state index contributed by atoms with van der Waals surface area (Å²) in [4.78, 5) is 2.26. The third kappa shape index (κ3) is 4.20. The lowest BCUT2D eigenvalue weighted by molar-refractivity contribution is -0.00522. The average Bonchev–Trinajstić information content (AvgIpc) is 2.43. The van der Waals surface area contributed by atoms with Gasteiger partial charge >= 0.3 is 0 Å². The van der Waals surface area contributed by atoms with Crippen LogP contribution in [0, 0.1) is 11.3 Å². The van der Waals surface area contributed by atoms with Crippen LogP contribution in [-0.2, 0) is 11.3 Å². The summed E-state index contributed by atoms with van der Waals surface area (Å²) in [6.07, 6.45) is 0.394. The summed E-state index contributed by atoms with van der Waals surface area (Å²) in [5.41, 5.74) is 2.92. The Kier molecular flexibility index (Phi) is 5.22. The number of anilines is 1. The Labute approximate surface area is 127 Å². The van der Waals surface area contributed by atoms with Crippen LogP contribution in [0.1, 0.15) is 38.8 Å². The van der Waals surface area contributed by atoms with Crippen molar-refractivity contribution >= 4 is 5.69 Å². The molecule has 1 heterocycles. The van der Waals surface area contributed by atoms with Crippen molar-refractivity contribution in [3.8, 4) is 6.07 Å². The van der Waals surface area contributed by atoms with Gasteiger partial charge in [0.2, 0.25) is 0 Å². The predicted molar refractivity (Wildman–Crippen MR) is 85.4 cm³/mol. The lowest BCUT2D eigenvalue weighted by Gasteiger charge is -2.37. The molecule has 4 nitrogen and oxygen atoms in total. The second kappa shape index (κ2) is 6.93. The first-order valence-corrected chi connectivity index (χ1v) is 7.66. The van der Waals surface area contributed by atoms with Gasteiger partial charge in [-0.2, -0.15) is 5.26 Å². The lowest BCUT2D eigenvalue weighted by Crippen LogP contribution is -2.45. The third-order valence-corrected chi connectivity index (χ3v) is 3.66. The average molecular weight is 287 g/mol. The minimum absolute atomic E-state index is 0.197. The van der Waals surface area contributed by atoms with Gasteiger partial charge in [0.25, 0.3) is 0 Å². The molecule has 2 atom stereocenters. The zero-order valence-electron chi connectivity index (χ0n) is 13.4. The van der Waals surface area contributed by atoms with Crippen LogP contribution in [0.5, 0.6) is 0 Å². The largest absolute Gasteiger partial charge is 0.372 e. The van der Waals surface area contributed by atoms with Gasteiger partial charge in [-0.05, 0) is 31.5 Å². The fourth-order valence-electron chi connectivity index (χ4n) is 2.76. The summed E-state index contributed by atoms with van der Waals surface area (Å²) in [7, 11) is 0. The molecule has 0 aromatic heterocycles. The van der Waals surface area contributed by atoms with E-state index in [1.54, 1.807) is 0 Å². The minimum Gasteiger partial charge on any atom is -0.372 e. The van der Waals surface area contributed by atoms with Crippen LogP contribution < -0.4 is 10.2 Å². The van der Waals surface area contributed by atoms with Crippen LogP contribution in [0.2, 0.25) is 0 Å². The number of nitrogens with one attached hydrogen (secondary N) is 1. The highest BCUT2D eigenvalue weighted by atomic mass is 16.5. The van der Waals surface area contributed by atoms with Gasteiger partial charge in [-0.25, -0.2) is 0 Å². The molecule has 0 unspecified atom stereocenters. The summed E-state index contributed by atoms with van der Waals surface area (Å²) in [6, 6.07) is 8.95. The summed E-state index contributed by atoms with van der Waals surface area (Å²) in [6.45, 7) is 10.9. The number of ether oxygens (including phenoxy) is 1. The first-order chi connectivity index (χ1) is 9.99. The Balaban J connectivity index is 2.18. The van der Waals surface area contributed by atoms with Gasteiger partial charge in [-0.1, -0.05) is 19.9 Å². The van der Waals surface area contributed by atoms with Crippen molar-refractivity contribution in [1.82, 2.24) is 5.32 Å². The summed E-state index contributed by atoms with van der Waals surface area (Å²) >= 11 is 0. The summed E-state index contributed by atoms with van der Waals surface area (Å²) < 4.78 is 5.77. The summed E-state index contributed by atoms with van der Waals surface area (Å²) in [5.74, 6) is 0. The Morgan fingerprint density at radius 3 is 2.57 bits per heavy atom. The first-order valence-electron chi connectivity index (χ1n) is 7.66. The molecule has 1 saturated heterocycles. The Bertz CT molecular complexity index is 511. The number of hydrogen-bond acceptors (Lipinski definition) is 4. The molecule has 1 aliphatic rings. The van der Waals surface area contributed by atoms with Crippen molar-refractivity contribution in [3.05, 3.63) is 29.3 Å². The molecule has 21 heavy (non-hydrogen) atoms. The van der Waals surface area contributed by atoms with Crippen molar-refractivity contribution in [2.75, 3.05) is 18.0 Å². The minimum atomic E-state index is 0.197. The number of benzene rings is 1. The van der Waals surface area contributed by atoms with E-state index in [0.717, 1.165) is 36.4 Å². The highest BCUT2D eigenvalue weighted by molar-refractivity contribution is 5.61. The van der Waals surface area contributed by atoms with E-state index in [-0.39, 0.29) is 12.2 Å². The van der Waals surface area contributed by atoms with Crippen molar-refractivity contribution in [3.63, 3.8) is 0 Å². The van der Waals surface area contributed by atoms with E-state index >= 15 is 0 Å². The zero-order valence-corrected chi connectivity index (χ0v) is 13.4. The normalized spacial score (nSPS) is 22.4. The predicted octanol–water partition coefficient (Wildman–Crippen LogP) is 2.67. The fourth-order valence-corrected chi connectivity index (χ4v) is 2.76. The molecule has 1 fully saturated rings. The maximum absolute atomic E-state index is 9.45. The highest BCUT2D eigenvalue weighted by Gasteiger charge is 2.24. The van der Waals surface area contributed by atoms with Gasteiger partial charge in [0.15, 0.2) is 0 Å². The number of rotatable bonds is 4. The van der Waals surface area contributed by atoms with Crippen molar-refractivity contribution < 1.29 is 4.74 Å². The van der Waals surface area contributed by atoms with E-state index in [9.17, 15) is 5.26 Å². The SMILES string of the molecule is CC(C)NCc1ccc(N2C[C@@H](C)O[C@@H](C)C2)c(C#N)c1. The third-order valence-electron chi connectivity index (χ3n) is 3.66. The molecule has 4 heteroatoms. The first kappa shape index (κ1) is 15.8. The monoisotopic (exact) mass is 287 g/mol. The van der Waals surface area contributed by atoms with Gasteiger partial charge in [0, 0.05) is 25.7 Å². The molecule has 2 rings (SSSR count). The molecule has 0 bridgehead atoms. The van der Waals surface area contributed by atoms with Crippen molar-refractivity contribution in [2.45, 2.75) is 52.5 Å². The van der Waals surface area contributed by atoms with Crippen molar-refractivity contribution in [2.24, 2.45) is 0 Å². The van der Waals surface area contributed by atoms with E-state index in [1.807, 2.05) is 6.07 Å². The van der Waals surface area contributed by atoms with Gasteiger partial charge in [0.05, 0.1) is 23.5 Å². The van der Waals surface area contributed by atoms with Crippen LogP contribution in [0.4, 0.5) is 5.69 Å². The van der Waals surface area contributed by atoms with Crippen LogP contribution in [0.15, 0.2) is 18.2 Å². The van der Waals surface area contributed by atoms with Gasteiger partial charge in [-0.15, -0.1) is 0 Å². The molecule has 0 saturated carbocycles. The Morgan fingerprint density at radius 1 is 1.33 bits per heavy atom. The molecule has 1 aromatic rings. The van der Waals surface area contributed by atoms with E-state index in [1.165, 1.54) is 0 Å². The molecule has 0 aliphatic carbocycles. The smallest absolute Gasteiger partial charge is 0.101 e. The number of morpholine rings is 1. The van der Waals surface area contributed by atoms with E-state index in [4.69, 9.17) is 4.74 Å². The van der Waals surface area contributed by atoms with Gasteiger partial charge in [0.1, 0.15) is 6.07 Å². The standard InChI is InChI=1S/C17H25N3O/c1-12(2)19-9-15-5-6-17(16(7-15)8-18)20-10-13(3)21-14(4)11-20/h5-7,12-14,19H,9-11H2,1-4H3/t13-,14+.